The number of carbonyl (C=O) groups is 2. The van der Waals surface area contributed by atoms with Crippen LogP contribution < -0.4 is 14.7 Å². The second-order valence-corrected chi connectivity index (χ2v) is 10.5. The van der Waals surface area contributed by atoms with Crippen molar-refractivity contribution in [1.29, 1.82) is 0 Å². The molecule has 2 aromatic carbocycles. The fraction of sp³-hybridized carbons (Fsp3) is 0.440. The van der Waals surface area contributed by atoms with Gasteiger partial charge in [-0.05, 0) is 55.5 Å². The van der Waals surface area contributed by atoms with Gasteiger partial charge in [-0.3, -0.25) is 19.7 Å². The summed E-state index contributed by atoms with van der Waals surface area (Å²) in [4.78, 5) is 43.0. The Labute approximate surface area is 213 Å². The van der Waals surface area contributed by atoms with Gasteiger partial charge in [-0.15, -0.1) is 0 Å². The Kier molecular flexibility index (Phi) is 6.36. The first-order valence-electron chi connectivity index (χ1n) is 11.9. The molecule has 0 radical (unpaired) electrons. The molecule has 5 rings (SSSR count). The van der Waals surface area contributed by atoms with Crippen molar-refractivity contribution in [3.05, 3.63) is 56.6 Å². The molecule has 2 saturated heterocycles. The molecule has 1 aliphatic carbocycles. The van der Waals surface area contributed by atoms with Crippen molar-refractivity contribution in [2.75, 3.05) is 40.9 Å². The number of piperazine rings is 1. The molecule has 2 aliphatic heterocycles. The summed E-state index contributed by atoms with van der Waals surface area (Å²) in [6.07, 6.45) is 2.30. The van der Waals surface area contributed by atoms with Gasteiger partial charge in [0, 0.05) is 37.9 Å². The molecule has 1 saturated carbocycles. The van der Waals surface area contributed by atoms with Gasteiger partial charge in [0.25, 0.3) is 5.69 Å². The fourth-order valence-corrected chi connectivity index (χ4v) is 5.89. The van der Waals surface area contributed by atoms with E-state index in [4.69, 9.17) is 23.2 Å². The van der Waals surface area contributed by atoms with Crippen molar-refractivity contribution in [3.63, 3.8) is 0 Å². The number of rotatable bonds is 4. The van der Waals surface area contributed by atoms with Crippen LogP contribution in [0.4, 0.5) is 22.7 Å². The second kappa shape index (κ2) is 9.32. The summed E-state index contributed by atoms with van der Waals surface area (Å²) in [7, 11) is 0. The van der Waals surface area contributed by atoms with Crippen LogP contribution in [0.1, 0.15) is 26.2 Å². The number of nitrogens with zero attached hydrogens (tertiary/aromatic N) is 4. The van der Waals surface area contributed by atoms with E-state index in [1.165, 1.54) is 11.0 Å². The lowest BCUT2D eigenvalue weighted by molar-refractivity contribution is -0.384. The standard InChI is InChI=1S/C25H26Cl2N4O4/c1-15-2-5-18-19(12-15)25(33)30(24(18)32)17-4-7-22(23(14-17)31(34)35)29-10-8-28(9-11-29)16-3-6-20(26)21(27)13-16/h3-4,6-7,13-15,18-19H,2,5,8-12H2,1H3/t15-,18+,19+/m1/s1. The maximum Gasteiger partial charge on any atom is 0.294 e. The predicted molar refractivity (Wildman–Crippen MR) is 136 cm³/mol. The lowest BCUT2D eigenvalue weighted by atomic mass is 9.76. The van der Waals surface area contributed by atoms with Crippen LogP contribution in [-0.4, -0.2) is 42.9 Å². The van der Waals surface area contributed by atoms with E-state index < -0.39 is 4.92 Å². The first kappa shape index (κ1) is 23.9. The maximum absolute atomic E-state index is 13.1. The van der Waals surface area contributed by atoms with E-state index >= 15 is 0 Å². The third kappa shape index (κ3) is 4.34. The summed E-state index contributed by atoms with van der Waals surface area (Å²) in [5.74, 6) is -0.702. The topological polar surface area (TPSA) is 87.0 Å². The summed E-state index contributed by atoms with van der Waals surface area (Å²) >= 11 is 12.2. The van der Waals surface area contributed by atoms with E-state index in [9.17, 15) is 19.7 Å². The summed E-state index contributed by atoms with van der Waals surface area (Å²) in [6, 6.07) is 10.2. The van der Waals surface area contributed by atoms with Gasteiger partial charge in [-0.1, -0.05) is 30.1 Å². The number of anilines is 3. The number of imide groups is 1. The first-order valence-corrected chi connectivity index (χ1v) is 12.6. The molecule has 8 nitrogen and oxygen atoms in total. The molecule has 35 heavy (non-hydrogen) atoms. The molecular weight excluding hydrogens is 491 g/mol. The van der Waals surface area contributed by atoms with Crippen molar-refractivity contribution in [3.8, 4) is 0 Å². The Bertz CT molecular complexity index is 1200. The Balaban J connectivity index is 1.36. The smallest absolute Gasteiger partial charge is 0.294 e. The normalized spacial score (nSPS) is 24.7. The number of carbonyl (C=O) groups excluding carboxylic acids is 2. The molecule has 0 aromatic heterocycles. The molecule has 0 unspecified atom stereocenters. The number of hydrogen-bond acceptors (Lipinski definition) is 6. The van der Waals surface area contributed by atoms with E-state index in [1.807, 2.05) is 17.0 Å². The fourth-order valence-electron chi connectivity index (χ4n) is 5.60. The zero-order valence-electron chi connectivity index (χ0n) is 19.3. The number of fused-ring (bicyclic) bond motifs is 1. The van der Waals surface area contributed by atoms with Crippen molar-refractivity contribution in [2.45, 2.75) is 26.2 Å². The Morgan fingerprint density at radius 3 is 2.20 bits per heavy atom. The lowest BCUT2D eigenvalue weighted by Crippen LogP contribution is -2.46. The summed E-state index contributed by atoms with van der Waals surface area (Å²) < 4.78 is 0. The molecular formula is C25H26Cl2N4O4. The summed E-state index contributed by atoms with van der Waals surface area (Å²) in [5, 5.41) is 13.0. The van der Waals surface area contributed by atoms with E-state index in [0.717, 1.165) is 12.1 Å². The molecule has 10 heteroatoms. The average molecular weight is 517 g/mol. The molecule has 3 atom stereocenters. The average Bonchev–Trinajstić information content (AvgIpc) is 3.09. The van der Waals surface area contributed by atoms with Crippen LogP contribution in [0.3, 0.4) is 0 Å². The van der Waals surface area contributed by atoms with E-state index in [0.29, 0.717) is 60.7 Å². The largest absolute Gasteiger partial charge is 0.368 e. The van der Waals surface area contributed by atoms with Crippen LogP contribution in [0.2, 0.25) is 10.0 Å². The number of halogens is 2. The van der Waals surface area contributed by atoms with E-state index in [2.05, 4.69) is 11.8 Å². The Morgan fingerprint density at radius 1 is 0.857 bits per heavy atom. The van der Waals surface area contributed by atoms with Crippen molar-refractivity contribution in [2.24, 2.45) is 17.8 Å². The number of amides is 2. The van der Waals surface area contributed by atoms with Crippen LogP contribution in [0, 0.1) is 27.9 Å². The summed E-state index contributed by atoms with van der Waals surface area (Å²) in [5.41, 5.74) is 1.62. The van der Waals surface area contributed by atoms with E-state index in [1.54, 1.807) is 18.2 Å². The van der Waals surface area contributed by atoms with Crippen molar-refractivity contribution < 1.29 is 14.5 Å². The Hall–Kier alpha value is -2.84. The highest BCUT2D eigenvalue weighted by Crippen LogP contribution is 2.43. The van der Waals surface area contributed by atoms with Crippen LogP contribution in [-0.2, 0) is 9.59 Å². The Morgan fingerprint density at radius 2 is 1.51 bits per heavy atom. The van der Waals surface area contributed by atoms with Gasteiger partial charge >= 0.3 is 0 Å². The molecule has 2 aromatic rings. The minimum atomic E-state index is -0.440. The second-order valence-electron chi connectivity index (χ2n) is 9.65. The zero-order chi connectivity index (χ0) is 24.9. The highest BCUT2D eigenvalue weighted by atomic mass is 35.5. The van der Waals surface area contributed by atoms with Crippen LogP contribution in [0.15, 0.2) is 36.4 Å². The van der Waals surface area contributed by atoms with E-state index in [-0.39, 0.29) is 35.0 Å². The monoisotopic (exact) mass is 516 g/mol. The third-order valence-corrected chi connectivity index (χ3v) is 8.23. The van der Waals surface area contributed by atoms with Crippen molar-refractivity contribution in [1.82, 2.24) is 0 Å². The van der Waals surface area contributed by atoms with Gasteiger partial charge < -0.3 is 9.80 Å². The summed E-state index contributed by atoms with van der Waals surface area (Å²) in [6.45, 7) is 4.55. The molecule has 0 bridgehead atoms. The molecule has 2 heterocycles. The number of nitro groups is 1. The molecule has 184 valence electrons. The van der Waals surface area contributed by atoms with Gasteiger partial charge in [0.05, 0.1) is 32.5 Å². The molecule has 3 fully saturated rings. The quantitative estimate of drug-likeness (QED) is 0.317. The van der Waals surface area contributed by atoms with Gasteiger partial charge in [-0.25, -0.2) is 4.90 Å². The highest BCUT2D eigenvalue weighted by molar-refractivity contribution is 6.42. The minimum Gasteiger partial charge on any atom is -0.368 e. The number of hydrogen-bond donors (Lipinski definition) is 0. The van der Waals surface area contributed by atoms with Crippen LogP contribution in [0.5, 0.6) is 0 Å². The molecule has 0 N–H and O–H groups in total. The lowest BCUT2D eigenvalue weighted by Gasteiger charge is -2.37. The number of nitro benzene ring substituents is 1. The maximum atomic E-state index is 13.1. The van der Waals surface area contributed by atoms with Gasteiger partial charge in [0.1, 0.15) is 5.69 Å². The SMILES string of the molecule is C[C@@H]1CC[C@@H]2C(=O)N(c3ccc(N4CCN(c5ccc(Cl)c(Cl)c5)CC4)c([N+](=O)[O-])c3)C(=O)[C@H]2C1. The van der Waals surface area contributed by atoms with Crippen molar-refractivity contribution >= 4 is 57.8 Å². The van der Waals surface area contributed by atoms with Gasteiger partial charge in [0.2, 0.25) is 11.8 Å². The highest BCUT2D eigenvalue weighted by Gasteiger charge is 2.50. The predicted octanol–water partition coefficient (Wildman–Crippen LogP) is 5.15. The van der Waals surface area contributed by atoms with Crippen LogP contribution in [0.25, 0.3) is 0 Å². The van der Waals surface area contributed by atoms with Gasteiger partial charge in [-0.2, -0.15) is 0 Å². The molecule has 3 aliphatic rings. The molecule has 0 spiro atoms. The minimum absolute atomic E-state index is 0.102. The number of benzene rings is 2. The third-order valence-electron chi connectivity index (χ3n) is 7.49. The first-order chi connectivity index (χ1) is 16.7. The van der Waals surface area contributed by atoms with Crippen LogP contribution >= 0.6 is 23.2 Å². The van der Waals surface area contributed by atoms with Gasteiger partial charge in [0.15, 0.2) is 0 Å². The zero-order valence-corrected chi connectivity index (χ0v) is 20.8. The molecule has 2 amide bonds.